The molecule has 0 atom stereocenters. The van der Waals surface area contributed by atoms with Gasteiger partial charge in [0.2, 0.25) is 5.82 Å². The summed E-state index contributed by atoms with van der Waals surface area (Å²) in [5, 5.41) is 22.4. The minimum Gasteiger partial charge on any atom is -0.359 e. The van der Waals surface area contributed by atoms with Crippen LogP contribution < -0.4 is 5.32 Å². The van der Waals surface area contributed by atoms with Gasteiger partial charge in [-0.2, -0.15) is 5.26 Å². The number of anilines is 1. The topological polar surface area (TPSA) is 105 Å². The van der Waals surface area contributed by atoms with E-state index in [2.05, 4.69) is 15.3 Å². The number of rotatable bonds is 4. The summed E-state index contributed by atoms with van der Waals surface area (Å²) in [7, 11) is 0. The molecular formula is C12H8FN5O2. The normalized spacial score (nSPS) is 9.80. The van der Waals surface area contributed by atoms with E-state index in [-0.39, 0.29) is 23.6 Å². The number of nitrogens with zero attached hydrogens (tertiary/aromatic N) is 4. The highest BCUT2D eigenvalue weighted by atomic mass is 19.1. The molecule has 2 rings (SSSR count). The molecule has 0 saturated heterocycles. The van der Waals surface area contributed by atoms with Gasteiger partial charge in [-0.05, 0) is 18.2 Å². The molecule has 7 nitrogen and oxygen atoms in total. The molecule has 0 unspecified atom stereocenters. The van der Waals surface area contributed by atoms with E-state index < -0.39 is 16.4 Å². The molecule has 0 amide bonds. The van der Waals surface area contributed by atoms with Crippen molar-refractivity contribution in [3.63, 3.8) is 0 Å². The van der Waals surface area contributed by atoms with Gasteiger partial charge in [-0.15, -0.1) is 0 Å². The van der Waals surface area contributed by atoms with E-state index in [0.717, 1.165) is 0 Å². The van der Waals surface area contributed by atoms with Crippen LogP contribution in [0.25, 0.3) is 0 Å². The molecule has 8 heteroatoms. The summed E-state index contributed by atoms with van der Waals surface area (Å²) in [6.45, 7) is -0.0740. The third kappa shape index (κ3) is 2.67. The molecule has 20 heavy (non-hydrogen) atoms. The molecule has 1 N–H and O–H groups in total. The Bertz CT molecular complexity index is 698. The smallest absolute Gasteiger partial charge is 0.328 e. The number of nitrogens with one attached hydrogen (secondary N) is 1. The number of pyridine rings is 2. The van der Waals surface area contributed by atoms with Crippen molar-refractivity contribution in [2.24, 2.45) is 0 Å². The number of hydrogen-bond acceptors (Lipinski definition) is 6. The Morgan fingerprint density at radius 2 is 2.20 bits per heavy atom. The monoisotopic (exact) mass is 273 g/mol. The Balaban J connectivity index is 2.29. The number of aromatic nitrogens is 2. The van der Waals surface area contributed by atoms with Gasteiger partial charge in [-0.25, -0.2) is 9.37 Å². The lowest BCUT2D eigenvalue weighted by molar-refractivity contribution is -0.384. The summed E-state index contributed by atoms with van der Waals surface area (Å²) in [5.74, 6) is -0.627. The van der Waals surface area contributed by atoms with Crippen LogP contribution in [0.2, 0.25) is 0 Å². The second-order valence-electron chi connectivity index (χ2n) is 3.71. The molecule has 0 aliphatic heterocycles. The van der Waals surface area contributed by atoms with Gasteiger partial charge >= 0.3 is 5.69 Å². The van der Waals surface area contributed by atoms with Gasteiger partial charge in [0, 0.05) is 12.4 Å². The van der Waals surface area contributed by atoms with Crippen molar-refractivity contribution in [2.75, 3.05) is 5.32 Å². The van der Waals surface area contributed by atoms with Crippen molar-refractivity contribution in [3.05, 3.63) is 57.8 Å². The van der Waals surface area contributed by atoms with E-state index in [1.54, 1.807) is 6.07 Å². The lowest BCUT2D eigenvalue weighted by Crippen LogP contribution is -2.08. The van der Waals surface area contributed by atoms with Gasteiger partial charge in [0.15, 0.2) is 0 Å². The molecule has 2 aromatic rings. The maximum Gasteiger partial charge on any atom is 0.328 e. The van der Waals surface area contributed by atoms with Crippen molar-refractivity contribution in [1.82, 2.24) is 9.97 Å². The molecule has 0 aliphatic rings. The van der Waals surface area contributed by atoms with Gasteiger partial charge < -0.3 is 5.32 Å². The summed E-state index contributed by atoms with van der Waals surface area (Å²) in [6, 6.07) is 5.63. The molecular weight excluding hydrogens is 265 g/mol. The molecule has 0 radical (unpaired) electrons. The second kappa shape index (κ2) is 5.71. The Kier molecular flexibility index (Phi) is 3.81. The van der Waals surface area contributed by atoms with Crippen molar-refractivity contribution in [2.45, 2.75) is 6.54 Å². The zero-order valence-corrected chi connectivity index (χ0v) is 10.1. The Labute approximate surface area is 112 Å². The average Bonchev–Trinajstić information content (AvgIpc) is 2.45. The first-order valence-electron chi connectivity index (χ1n) is 5.50. The lowest BCUT2D eigenvalue weighted by atomic mass is 10.2. The van der Waals surface area contributed by atoms with Crippen LogP contribution in [0.5, 0.6) is 0 Å². The predicted molar refractivity (Wildman–Crippen MR) is 67.1 cm³/mol. The van der Waals surface area contributed by atoms with Crippen molar-refractivity contribution < 1.29 is 9.31 Å². The van der Waals surface area contributed by atoms with Gasteiger partial charge in [-0.1, -0.05) is 0 Å². The van der Waals surface area contributed by atoms with E-state index >= 15 is 0 Å². The fourth-order valence-electron chi connectivity index (χ4n) is 1.57. The molecule has 0 spiro atoms. The minimum atomic E-state index is -0.706. The number of hydrogen-bond donors (Lipinski definition) is 1. The first-order chi connectivity index (χ1) is 9.63. The maximum atomic E-state index is 13.4. The van der Waals surface area contributed by atoms with Gasteiger partial charge in [0.1, 0.15) is 17.4 Å². The SMILES string of the molecule is N#Cc1ccnc(NCc2ncccc2F)c1[N+](=O)[O-]. The highest BCUT2D eigenvalue weighted by molar-refractivity contribution is 5.64. The fraction of sp³-hybridized carbons (Fsp3) is 0.0833. The van der Waals surface area contributed by atoms with E-state index in [1.165, 1.54) is 30.6 Å². The van der Waals surface area contributed by atoms with Crippen LogP contribution in [0.3, 0.4) is 0 Å². The number of nitriles is 1. The van der Waals surface area contributed by atoms with E-state index in [0.29, 0.717) is 0 Å². The molecule has 0 fully saturated rings. The largest absolute Gasteiger partial charge is 0.359 e. The zero-order chi connectivity index (χ0) is 14.5. The summed E-state index contributed by atoms with van der Waals surface area (Å²) in [4.78, 5) is 17.9. The maximum absolute atomic E-state index is 13.4. The molecule has 2 heterocycles. The van der Waals surface area contributed by atoms with Crippen LogP contribution >= 0.6 is 0 Å². The molecule has 0 aliphatic carbocycles. The second-order valence-corrected chi connectivity index (χ2v) is 3.71. The molecule has 0 saturated carbocycles. The third-order valence-electron chi connectivity index (χ3n) is 2.49. The Hall–Kier alpha value is -3.08. The molecule has 0 bridgehead atoms. The van der Waals surface area contributed by atoms with Gasteiger partial charge in [0.05, 0.1) is 17.2 Å². The summed E-state index contributed by atoms with van der Waals surface area (Å²) in [6.07, 6.45) is 2.68. The van der Waals surface area contributed by atoms with E-state index in [9.17, 15) is 14.5 Å². The molecule has 2 aromatic heterocycles. The van der Waals surface area contributed by atoms with Gasteiger partial charge in [0.25, 0.3) is 0 Å². The highest BCUT2D eigenvalue weighted by Gasteiger charge is 2.21. The zero-order valence-electron chi connectivity index (χ0n) is 10.1. The van der Waals surface area contributed by atoms with Crippen LogP contribution in [0.1, 0.15) is 11.3 Å². The molecule has 0 aromatic carbocycles. The van der Waals surface area contributed by atoms with Crippen molar-refractivity contribution in [1.29, 1.82) is 5.26 Å². The Morgan fingerprint density at radius 3 is 2.85 bits per heavy atom. The average molecular weight is 273 g/mol. The quantitative estimate of drug-likeness (QED) is 0.674. The first kappa shape index (κ1) is 13.4. The third-order valence-corrected chi connectivity index (χ3v) is 2.49. The van der Waals surface area contributed by atoms with Crippen molar-refractivity contribution in [3.8, 4) is 6.07 Å². The predicted octanol–water partition coefficient (Wildman–Crippen LogP) is 2.01. The standard InChI is InChI=1S/C12H8FN5O2/c13-9-2-1-4-15-10(9)7-17-12-11(18(19)20)8(6-14)3-5-16-12/h1-5H,7H2,(H,16,17). The summed E-state index contributed by atoms with van der Waals surface area (Å²) in [5.41, 5.74) is -0.453. The number of halogens is 1. The van der Waals surface area contributed by atoms with Crippen LogP contribution in [0.15, 0.2) is 30.6 Å². The van der Waals surface area contributed by atoms with Gasteiger partial charge in [-0.3, -0.25) is 15.1 Å². The first-order valence-corrected chi connectivity index (χ1v) is 5.50. The summed E-state index contributed by atoms with van der Waals surface area (Å²) >= 11 is 0. The van der Waals surface area contributed by atoms with Crippen LogP contribution in [-0.4, -0.2) is 14.9 Å². The van der Waals surface area contributed by atoms with E-state index in [4.69, 9.17) is 5.26 Å². The number of nitro groups is 1. The van der Waals surface area contributed by atoms with Crippen LogP contribution in [0.4, 0.5) is 15.9 Å². The van der Waals surface area contributed by atoms with Crippen LogP contribution in [-0.2, 0) is 6.54 Å². The minimum absolute atomic E-state index is 0.0740. The van der Waals surface area contributed by atoms with Crippen molar-refractivity contribution >= 4 is 11.5 Å². The molecule has 100 valence electrons. The summed E-state index contributed by atoms with van der Waals surface area (Å²) < 4.78 is 13.4. The fourth-order valence-corrected chi connectivity index (χ4v) is 1.57. The van der Waals surface area contributed by atoms with E-state index in [1.807, 2.05) is 0 Å². The van der Waals surface area contributed by atoms with Crippen LogP contribution in [0, 0.1) is 27.3 Å². The lowest BCUT2D eigenvalue weighted by Gasteiger charge is -2.06. The Morgan fingerprint density at radius 1 is 1.40 bits per heavy atom. The highest BCUT2D eigenvalue weighted by Crippen LogP contribution is 2.25.